The van der Waals surface area contributed by atoms with Gasteiger partial charge in [-0.15, -0.1) is 0 Å². The quantitative estimate of drug-likeness (QED) is 0.784. The first-order valence-corrected chi connectivity index (χ1v) is 8.45. The highest BCUT2D eigenvalue weighted by molar-refractivity contribution is 6.30. The molecule has 0 radical (unpaired) electrons. The van der Waals surface area contributed by atoms with Gasteiger partial charge in [-0.25, -0.2) is 0 Å². The number of amides is 1. The van der Waals surface area contributed by atoms with E-state index in [0.29, 0.717) is 17.3 Å². The number of carbonyl (C=O) groups excluding carboxylic acids is 1. The zero-order valence-electron chi connectivity index (χ0n) is 13.2. The van der Waals surface area contributed by atoms with Crippen molar-refractivity contribution in [1.29, 1.82) is 0 Å². The first kappa shape index (κ1) is 17.1. The molecule has 5 heteroatoms. The van der Waals surface area contributed by atoms with E-state index in [1.165, 1.54) is 32.4 Å². The van der Waals surface area contributed by atoms with Crippen LogP contribution in [-0.4, -0.2) is 43.1 Å². The van der Waals surface area contributed by atoms with Crippen LogP contribution in [0.5, 0.6) is 5.75 Å². The molecule has 2 rings (SSSR count). The van der Waals surface area contributed by atoms with Gasteiger partial charge in [0, 0.05) is 11.6 Å². The number of piperidine rings is 1. The van der Waals surface area contributed by atoms with Crippen LogP contribution in [0.2, 0.25) is 5.02 Å². The molecule has 1 fully saturated rings. The van der Waals surface area contributed by atoms with Crippen LogP contribution in [0, 0.1) is 0 Å². The molecular weight excluding hydrogens is 300 g/mol. The maximum Gasteiger partial charge on any atom is 0.260 e. The second-order valence-electron chi connectivity index (χ2n) is 5.76. The fourth-order valence-corrected chi connectivity index (χ4v) is 2.74. The molecule has 1 aromatic rings. The van der Waals surface area contributed by atoms with Crippen LogP contribution in [0.1, 0.15) is 32.6 Å². The topological polar surface area (TPSA) is 41.6 Å². The summed E-state index contributed by atoms with van der Waals surface area (Å²) in [4.78, 5) is 14.5. The van der Waals surface area contributed by atoms with Gasteiger partial charge in [-0.1, -0.05) is 18.0 Å². The first-order chi connectivity index (χ1) is 10.6. The monoisotopic (exact) mass is 324 g/mol. The molecule has 1 aromatic carbocycles. The lowest BCUT2D eigenvalue weighted by molar-refractivity contribution is -0.127. The third kappa shape index (κ3) is 5.85. The fraction of sp³-hybridized carbons (Fsp3) is 0.588. The molecule has 0 unspecified atom stereocenters. The van der Waals surface area contributed by atoms with Gasteiger partial charge in [0.15, 0.2) is 6.10 Å². The lowest BCUT2D eigenvalue weighted by Gasteiger charge is -2.26. The van der Waals surface area contributed by atoms with E-state index in [2.05, 4.69) is 10.2 Å². The third-order valence-corrected chi connectivity index (χ3v) is 4.15. The molecule has 0 spiro atoms. The average Bonchev–Trinajstić information content (AvgIpc) is 2.54. The van der Waals surface area contributed by atoms with E-state index in [0.717, 1.165) is 13.0 Å². The van der Waals surface area contributed by atoms with Gasteiger partial charge >= 0.3 is 0 Å². The molecule has 1 N–H and O–H groups in total. The van der Waals surface area contributed by atoms with Gasteiger partial charge in [0.2, 0.25) is 0 Å². The van der Waals surface area contributed by atoms with Gasteiger partial charge in [0.25, 0.3) is 5.91 Å². The molecule has 0 saturated carbocycles. The van der Waals surface area contributed by atoms with Gasteiger partial charge < -0.3 is 15.0 Å². The average molecular weight is 325 g/mol. The van der Waals surface area contributed by atoms with Crippen molar-refractivity contribution in [3.05, 3.63) is 29.3 Å². The number of halogens is 1. The van der Waals surface area contributed by atoms with E-state index in [-0.39, 0.29) is 5.91 Å². The molecule has 0 bridgehead atoms. The molecule has 1 heterocycles. The minimum absolute atomic E-state index is 0.0754. The van der Waals surface area contributed by atoms with Crippen molar-refractivity contribution in [3.63, 3.8) is 0 Å². The number of hydrogen-bond acceptors (Lipinski definition) is 3. The highest BCUT2D eigenvalue weighted by Crippen LogP contribution is 2.16. The summed E-state index contributed by atoms with van der Waals surface area (Å²) in [5.74, 6) is 0.578. The van der Waals surface area contributed by atoms with Crippen LogP contribution in [-0.2, 0) is 4.79 Å². The van der Waals surface area contributed by atoms with Crippen molar-refractivity contribution in [2.75, 3.05) is 26.2 Å². The summed E-state index contributed by atoms with van der Waals surface area (Å²) in [5, 5.41) is 3.59. The van der Waals surface area contributed by atoms with E-state index in [9.17, 15) is 4.79 Å². The Balaban J connectivity index is 1.62. The molecule has 1 aliphatic heterocycles. The molecule has 122 valence electrons. The Kier molecular flexibility index (Phi) is 7.00. The van der Waals surface area contributed by atoms with Gasteiger partial charge in [-0.2, -0.15) is 0 Å². The molecule has 1 amide bonds. The number of nitrogens with one attached hydrogen (secondary N) is 1. The van der Waals surface area contributed by atoms with Crippen molar-refractivity contribution in [2.45, 2.75) is 38.7 Å². The maximum absolute atomic E-state index is 12.0. The molecule has 1 atom stereocenters. The lowest BCUT2D eigenvalue weighted by Crippen LogP contribution is -2.38. The summed E-state index contributed by atoms with van der Waals surface area (Å²) in [7, 11) is 0. The van der Waals surface area contributed by atoms with Crippen molar-refractivity contribution in [3.8, 4) is 5.75 Å². The second-order valence-corrected chi connectivity index (χ2v) is 6.20. The van der Waals surface area contributed by atoms with Gasteiger partial charge in [-0.3, -0.25) is 4.79 Å². The molecule has 1 aliphatic rings. The number of carbonyl (C=O) groups is 1. The predicted molar refractivity (Wildman–Crippen MR) is 89.5 cm³/mol. The smallest absolute Gasteiger partial charge is 0.260 e. The van der Waals surface area contributed by atoms with Crippen LogP contribution < -0.4 is 10.1 Å². The minimum Gasteiger partial charge on any atom is -0.481 e. The molecule has 0 aromatic heterocycles. The lowest BCUT2D eigenvalue weighted by atomic mass is 10.1. The zero-order chi connectivity index (χ0) is 15.8. The highest BCUT2D eigenvalue weighted by Gasteiger charge is 2.14. The summed E-state index contributed by atoms with van der Waals surface area (Å²) in [5.41, 5.74) is 0. The Morgan fingerprint density at radius 1 is 1.27 bits per heavy atom. The van der Waals surface area contributed by atoms with Gasteiger partial charge in [0.1, 0.15) is 5.75 Å². The number of likely N-dealkylation sites (tertiary alicyclic amines) is 1. The molecule has 4 nitrogen and oxygen atoms in total. The minimum atomic E-state index is -0.504. The second kappa shape index (κ2) is 9.01. The first-order valence-electron chi connectivity index (χ1n) is 8.07. The van der Waals surface area contributed by atoms with Crippen LogP contribution >= 0.6 is 11.6 Å². The van der Waals surface area contributed by atoms with E-state index >= 15 is 0 Å². The number of nitrogens with zero attached hydrogens (tertiary/aromatic N) is 1. The summed E-state index contributed by atoms with van der Waals surface area (Å²) in [6.07, 6.45) is 4.44. The van der Waals surface area contributed by atoms with Gasteiger partial charge in [0.05, 0.1) is 0 Å². The van der Waals surface area contributed by atoms with E-state index < -0.39 is 6.10 Å². The number of benzene rings is 1. The van der Waals surface area contributed by atoms with Crippen LogP contribution in [0.4, 0.5) is 0 Å². The van der Waals surface area contributed by atoms with E-state index in [1.807, 2.05) is 0 Å². The largest absolute Gasteiger partial charge is 0.481 e. The Morgan fingerprint density at radius 3 is 2.64 bits per heavy atom. The van der Waals surface area contributed by atoms with Crippen molar-refractivity contribution < 1.29 is 9.53 Å². The standard InChI is InChI=1S/C17H25ClN2O2/c1-14(22-16-8-6-15(18)7-9-16)17(21)19-10-5-13-20-11-3-2-4-12-20/h6-9,14H,2-5,10-13H2,1H3,(H,19,21)/t14-/m0/s1. The van der Waals surface area contributed by atoms with E-state index in [4.69, 9.17) is 16.3 Å². The Hall–Kier alpha value is -1.26. The normalized spacial score (nSPS) is 17.0. The zero-order valence-corrected chi connectivity index (χ0v) is 13.9. The molecule has 1 saturated heterocycles. The summed E-state index contributed by atoms with van der Waals surface area (Å²) >= 11 is 5.82. The fourth-order valence-electron chi connectivity index (χ4n) is 2.61. The summed E-state index contributed by atoms with van der Waals surface area (Å²) in [6.45, 7) is 5.92. The predicted octanol–water partition coefficient (Wildman–Crippen LogP) is 3.10. The van der Waals surface area contributed by atoms with Crippen molar-refractivity contribution in [2.24, 2.45) is 0 Å². The number of rotatable bonds is 7. The summed E-state index contributed by atoms with van der Waals surface area (Å²) in [6, 6.07) is 7.03. The molecular formula is C17H25ClN2O2. The van der Waals surface area contributed by atoms with Crippen molar-refractivity contribution in [1.82, 2.24) is 10.2 Å². The Bertz CT molecular complexity index is 458. The maximum atomic E-state index is 12.0. The SMILES string of the molecule is C[C@H](Oc1ccc(Cl)cc1)C(=O)NCCCN1CCCCC1. The number of ether oxygens (including phenoxy) is 1. The highest BCUT2D eigenvalue weighted by atomic mass is 35.5. The van der Waals surface area contributed by atoms with E-state index in [1.54, 1.807) is 31.2 Å². The Labute approximate surface area is 137 Å². The third-order valence-electron chi connectivity index (χ3n) is 3.89. The van der Waals surface area contributed by atoms with Crippen LogP contribution in [0.15, 0.2) is 24.3 Å². The number of hydrogen-bond donors (Lipinski definition) is 1. The molecule has 0 aliphatic carbocycles. The van der Waals surface area contributed by atoms with Crippen molar-refractivity contribution >= 4 is 17.5 Å². The van der Waals surface area contributed by atoms with Crippen LogP contribution in [0.3, 0.4) is 0 Å². The molecule has 22 heavy (non-hydrogen) atoms. The Morgan fingerprint density at radius 2 is 1.95 bits per heavy atom. The summed E-state index contributed by atoms with van der Waals surface area (Å²) < 4.78 is 5.60. The van der Waals surface area contributed by atoms with Gasteiger partial charge in [-0.05, 0) is 70.1 Å². The van der Waals surface area contributed by atoms with Crippen LogP contribution in [0.25, 0.3) is 0 Å².